The van der Waals surface area contributed by atoms with Crippen LogP contribution in [0, 0.1) is 5.92 Å². The Balaban J connectivity index is 1.08. The van der Waals surface area contributed by atoms with Gasteiger partial charge in [0.25, 0.3) is 11.9 Å². The number of nitrogens with one attached hydrogen (secondary N) is 2. The van der Waals surface area contributed by atoms with Gasteiger partial charge in [-0.2, -0.15) is 4.98 Å². The Hall–Kier alpha value is -2.69. The number of hydrogen-bond acceptors (Lipinski definition) is 8. The zero-order valence-electron chi connectivity index (χ0n) is 20.0. The van der Waals surface area contributed by atoms with Crippen LogP contribution in [-0.4, -0.2) is 89.4 Å². The summed E-state index contributed by atoms with van der Waals surface area (Å²) in [5.41, 5.74) is 1.93. The SMILES string of the molecule is O=C1NC(N2CCN(C(=O)c3ccc4nc(N5CCC(O)CC5)oc4c3)CC2)NC2CCCCC12. The Labute approximate surface area is 204 Å². The molecule has 3 unspecified atom stereocenters. The Bertz CT molecular complexity index is 1090. The number of nitrogens with zero attached hydrogens (tertiary/aromatic N) is 4. The van der Waals surface area contributed by atoms with Crippen LogP contribution in [0.5, 0.6) is 0 Å². The van der Waals surface area contributed by atoms with E-state index in [-0.39, 0.29) is 36.2 Å². The van der Waals surface area contributed by atoms with Crippen molar-refractivity contribution in [3.63, 3.8) is 0 Å². The zero-order valence-corrected chi connectivity index (χ0v) is 20.0. The highest BCUT2D eigenvalue weighted by Crippen LogP contribution is 2.28. The first-order valence-electron chi connectivity index (χ1n) is 13.0. The van der Waals surface area contributed by atoms with Crippen LogP contribution in [0.3, 0.4) is 0 Å². The molecule has 2 amide bonds. The number of carbonyl (C=O) groups excluding carboxylic acids is 2. The molecule has 6 rings (SSSR count). The van der Waals surface area contributed by atoms with Crippen LogP contribution in [0.15, 0.2) is 22.6 Å². The Kier molecular flexibility index (Phi) is 6.11. The minimum atomic E-state index is -0.255. The van der Waals surface area contributed by atoms with Crippen molar-refractivity contribution >= 4 is 28.9 Å². The number of amides is 2. The minimum Gasteiger partial charge on any atom is -0.423 e. The normalized spacial score (nSPS) is 28.7. The fourth-order valence-electron chi connectivity index (χ4n) is 5.93. The number of carbonyl (C=O) groups is 2. The van der Waals surface area contributed by atoms with E-state index < -0.39 is 0 Å². The zero-order chi connectivity index (χ0) is 23.9. The van der Waals surface area contributed by atoms with Gasteiger partial charge in [-0.3, -0.25) is 19.8 Å². The molecule has 3 saturated heterocycles. The van der Waals surface area contributed by atoms with Gasteiger partial charge in [0.2, 0.25) is 5.91 Å². The number of anilines is 1. The van der Waals surface area contributed by atoms with Crippen LogP contribution in [-0.2, 0) is 4.79 Å². The summed E-state index contributed by atoms with van der Waals surface area (Å²) in [6.07, 6.45) is 5.33. The molecule has 0 radical (unpaired) electrons. The highest BCUT2D eigenvalue weighted by molar-refractivity contribution is 5.97. The van der Waals surface area contributed by atoms with Gasteiger partial charge in [-0.05, 0) is 43.9 Å². The smallest absolute Gasteiger partial charge is 0.298 e. The summed E-state index contributed by atoms with van der Waals surface area (Å²) in [5.74, 6) is 0.242. The van der Waals surface area contributed by atoms with E-state index in [2.05, 4.69) is 20.5 Å². The molecule has 35 heavy (non-hydrogen) atoms. The van der Waals surface area contributed by atoms with E-state index in [1.165, 1.54) is 6.42 Å². The fourth-order valence-corrected chi connectivity index (χ4v) is 5.93. The number of aromatic nitrogens is 1. The second-order valence-corrected chi connectivity index (χ2v) is 10.3. The molecule has 1 aromatic carbocycles. The Morgan fingerprint density at radius 3 is 2.60 bits per heavy atom. The third-order valence-corrected chi connectivity index (χ3v) is 8.08. The van der Waals surface area contributed by atoms with Gasteiger partial charge >= 0.3 is 0 Å². The van der Waals surface area contributed by atoms with Crippen molar-refractivity contribution < 1.29 is 19.1 Å². The molecule has 1 saturated carbocycles. The van der Waals surface area contributed by atoms with Gasteiger partial charge < -0.3 is 24.6 Å². The standard InChI is InChI=1S/C25H34N6O4/c32-17-7-9-31(10-8-17)25-27-20-6-5-16(15-21(20)35-25)23(34)29-11-13-30(14-12-29)24-26-19-4-2-1-3-18(19)22(33)28-24/h5-6,15,17-19,24,26,32H,1-4,7-14H2,(H,28,33). The first-order chi connectivity index (χ1) is 17.0. The first-order valence-corrected chi connectivity index (χ1v) is 13.0. The predicted octanol–water partition coefficient (Wildman–Crippen LogP) is 1.11. The molecule has 10 heteroatoms. The van der Waals surface area contributed by atoms with Gasteiger partial charge in [-0.25, -0.2) is 0 Å². The van der Waals surface area contributed by atoms with Gasteiger partial charge in [0.1, 0.15) is 11.8 Å². The molecule has 10 nitrogen and oxygen atoms in total. The minimum absolute atomic E-state index is 0.0152. The van der Waals surface area contributed by atoms with E-state index in [0.717, 1.165) is 24.8 Å². The molecule has 1 aromatic heterocycles. The monoisotopic (exact) mass is 482 g/mol. The maximum atomic E-state index is 13.2. The lowest BCUT2D eigenvalue weighted by molar-refractivity contribution is -0.134. The van der Waals surface area contributed by atoms with Crippen molar-refractivity contribution in [1.29, 1.82) is 0 Å². The molecule has 3 atom stereocenters. The molecule has 2 aromatic rings. The summed E-state index contributed by atoms with van der Waals surface area (Å²) < 4.78 is 5.98. The molecular formula is C25H34N6O4. The quantitative estimate of drug-likeness (QED) is 0.596. The van der Waals surface area contributed by atoms with E-state index in [9.17, 15) is 14.7 Å². The number of aliphatic hydroxyl groups excluding tert-OH is 1. The number of piperidine rings is 1. The average Bonchev–Trinajstić information content (AvgIpc) is 3.32. The van der Waals surface area contributed by atoms with Gasteiger partial charge in [-0.1, -0.05) is 12.8 Å². The number of benzene rings is 1. The third kappa shape index (κ3) is 4.50. The van der Waals surface area contributed by atoms with Crippen LogP contribution < -0.4 is 15.5 Å². The van der Waals surface area contributed by atoms with E-state index >= 15 is 0 Å². The second-order valence-electron chi connectivity index (χ2n) is 10.3. The average molecular weight is 483 g/mol. The van der Waals surface area contributed by atoms with Gasteiger partial charge in [0.15, 0.2) is 5.58 Å². The van der Waals surface area contributed by atoms with Crippen molar-refractivity contribution in [1.82, 2.24) is 25.4 Å². The van der Waals surface area contributed by atoms with E-state index in [1.54, 1.807) is 6.07 Å². The molecule has 1 aliphatic carbocycles. The van der Waals surface area contributed by atoms with Crippen LogP contribution in [0.2, 0.25) is 0 Å². The van der Waals surface area contributed by atoms with Gasteiger partial charge in [-0.15, -0.1) is 0 Å². The highest BCUT2D eigenvalue weighted by Gasteiger charge is 2.40. The summed E-state index contributed by atoms with van der Waals surface area (Å²) in [7, 11) is 0. The lowest BCUT2D eigenvalue weighted by Crippen LogP contribution is -2.69. The van der Waals surface area contributed by atoms with E-state index in [1.807, 2.05) is 21.9 Å². The molecule has 0 bridgehead atoms. The molecule has 0 spiro atoms. The number of aliphatic hydroxyl groups is 1. The largest absolute Gasteiger partial charge is 0.423 e. The van der Waals surface area contributed by atoms with Gasteiger partial charge in [0, 0.05) is 50.9 Å². The van der Waals surface area contributed by atoms with Crippen LogP contribution in [0.25, 0.3) is 11.1 Å². The number of hydrogen-bond donors (Lipinski definition) is 3. The van der Waals surface area contributed by atoms with E-state index in [4.69, 9.17) is 4.42 Å². The number of piperazine rings is 1. The Morgan fingerprint density at radius 2 is 1.80 bits per heavy atom. The Morgan fingerprint density at radius 1 is 1.03 bits per heavy atom. The maximum absolute atomic E-state index is 13.2. The summed E-state index contributed by atoms with van der Waals surface area (Å²) in [6.45, 7) is 4.05. The number of fused-ring (bicyclic) bond motifs is 2. The topological polar surface area (TPSA) is 114 Å². The molecular weight excluding hydrogens is 448 g/mol. The number of rotatable bonds is 3. The first kappa shape index (κ1) is 22.8. The lowest BCUT2D eigenvalue weighted by atomic mass is 9.82. The molecule has 4 aliphatic rings. The lowest BCUT2D eigenvalue weighted by Gasteiger charge is -2.46. The third-order valence-electron chi connectivity index (χ3n) is 8.08. The number of oxazole rings is 1. The molecule has 3 aliphatic heterocycles. The summed E-state index contributed by atoms with van der Waals surface area (Å²) >= 11 is 0. The van der Waals surface area contributed by atoms with Crippen LogP contribution in [0.4, 0.5) is 6.01 Å². The van der Waals surface area contributed by atoms with Crippen molar-refractivity contribution in [3.05, 3.63) is 23.8 Å². The van der Waals surface area contributed by atoms with Crippen LogP contribution >= 0.6 is 0 Å². The van der Waals surface area contributed by atoms with E-state index in [0.29, 0.717) is 69.3 Å². The molecule has 3 N–H and O–H groups in total. The maximum Gasteiger partial charge on any atom is 0.298 e. The molecule has 4 heterocycles. The van der Waals surface area contributed by atoms with Gasteiger partial charge in [0.05, 0.1) is 12.0 Å². The second kappa shape index (κ2) is 9.40. The van der Waals surface area contributed by atoms with Crippen molar-refractivity contribution in [2.45, 2.75) is 57.0 Å². The fraction of sp³-hybridized carbons (Fsp3) is 0.640. The van der Waals surface area contributed by atoms with Crippen molar-refractivity contribution in [2.24, 2.45) is 5.92 Å². The summed E-state index contributed by atoms with van der Waals surface area (Å²) in [4.78, 5) is 36.5. The molecule has 188 valence electrons. The van der Waals surface area contributed by atoms with Crippen molar-refractivity contribution in [3.8, 4) is 0 Å². The van der Waals surface area contributed by atoms with Crippen LogP contribution in [0.1, 0.15) is 48.9 Å². The van der Waals surface area contributed by atoms with Crippen molar-refractivity contribution in [2.75, 3.05) is 44.2 Å². The highest BCUT2D eigenvalue weighted by atomic mass is 16.4. The summed E-state index contributed by atoms with van der Waals surface area (Å²) in [6, 6.07) is 6.25. The molecule has 4 fully saturated rings. The summed E-state index contributed by atoms with van der Waals surface area (Å²) in [5, 5.41) is 16.5. The predicted molar refractivity (Wildman–Crippen MR) is 130 cm³/mol.